The molecule has 0 fully saturated rings. The Morgan fingerprint density at radius 1 is 1.30 bits per heavy atom. The van der Waals surface area contributed by atoms with Gasteiger partial charge < -0.3 is 10.2 Å². The molecule has 1 heterocycles. The number of rotatable bonds is 6. The van der Waals surface area contributed by atoms with Crippen molar-refractivity contribution < 1.29 is 9.18 Å². The summed E-state index contributed by atoms with van der Waals surface area (Å²) in [6, 6.07) is 6.17. The second-order valence-electron chi connectivity index (χ2n) is 5.63. The van der Waals surface area contributed by atoms with E-state index >= 15 is 0 Å². The third kappa shape index (κ3) is 3.96. The minimum Gasteiger partial charge on any atom is -0.344 e. The number of amides is 1. The van der Waals surface area contributed by atoms with Crippen molar-refractivity contribution in [3.63, 3.8) is 0 Å². The van der Waals surface area contributed by atoms with Crippen LogP contribution in [0, 0.1) is 19.7 Å². The molecular formula is C17H23FN4O. The van der Waals surface area contributed by atoms with Gasteiger partial charge in [-0.1, -0.05) is 0 Å². The van der Waals surface area contributed by atoms with E-state index in [1.165, 1.54) is 12.1 Å². The van der Waals surface area contributed by atoms with Gasteiger partial charge in [0, 0.05) is 31.4 Å². The molecule has 0 atom stereocenters. The maximum absolute atomic E-state index is 13.1. The zero-order chi connectivity index (χ0) is 17.0. The first-order valence-corrected chi connectivity index (χ1v) is 7.63. The summed E-state index contributed by atoms with van der Waals surface area (Å²) in [6.07, 6.45) is 0.319. The van der Waals surface area contributed by atoms with Gasteiger partial charge in [0.2, 0.25) is 5.91 Å². The van der Waals surface area contributed by atoms with Gasteiger partial charge >= 0.3 is 0 Å². The molecule has 6 heteroatoms. The number of hydrogen-bond acceptors (Lipinski definition) is 3. The minimum atomic E-state index is -0.281. The molecule has 0 aliphatic rings. The lowest BCUT2D eigenvalue weighted by atomic mass is 10.1. The third-order valence-corrected chi connectivity index (χ3v) is 3.96. The Labute approximate surface area is 136 Å². The van der Waals surface area contributed by atoms with Crippen molar-refractivity contribution >= 4 is 5.91 Å². The molecule has 0 saturated carbocycles. The van der Waals surface area contributed by atoms with Crippen LogP contribution < -0.4 is 5.32 Å². The number of halogens is 1. The van der Waals surface area contributed by atoms with Crippen LogP contribution in [-0.4, -0.2) is 47.8 Å². The summed E-state index contributed by atoms with van der Waals surface area (Å²) in [5.41, 5.74) is 3.44. The second-order valence-corrected chi connectivity index (χ2v) is 5.63. The Morgan fingerprint density at radius 3 is 2.57 bits per heavy atom. The fourth-order valence-corrected chi connectivity index (χ4v) is 2.45. The molecule has 1 aromatic heterocycles. The summed E-state index contributed by atoms with van der Waals surface area (Å²) in [4.78, 5) is 14.0. The SMILES string of the molecule is CNCCN(C)C(=O)Cc1c(C)nn(-c2ccc(F)cc2)c1C. The van der Waals surface area contributed by atoms with Crippen molar-refractivity contribution in [1.82, 2.24) is 20.0 Å². The molecule has 0 aliphatic heterocycles. The third-order valence-electron chi connectivity index (χ3n) is 3.96. The van der Waals surface area contributed by atoms with E-state index in [4.69, 9.17) is 0 Å². The van der Waals surface area contributed by atoms with E-state index in [9.17, 15) is 9.18 Å². The number of carbonyl (C=O) groups is 1. The molecule has 5 nitrogen and oxygen atoms in total. The average Bonchev–Trinajstić information content (AvgIpc) is 2.81. The zero-order valence-corrected chi connectivity index (χ0v) is 14.1. The summed E-state index contributed by atoms with van der Waals surface area (Å²) in [5.74, 6) is -0.220. The van der Waals surface area contributed by atoms with Gasteiger partial charge in [0.15, 0.2) is 0 Å². The van der Waals surface area contributed by atoms with E-state index in [1.807, 2.05) is 20.9 Å². The topological polar surface area (TPSA) is 50.2 Å². The number of likely N-dealkylation sites (N-methyl/N-ethyl adjacent to an activating group) is 2. The first kappa shape index (κ1) is 17.1. The molecule has 124 valence electrons. The van der Waals surface area contributed by atoms with Crippen LogP contribution in [0.3, 0.4) is 0 Å². The van der Waals surface area contributed by atoms with Crippen molar-refractivity contribution in [2.75, 3.05) is 27.2 Å². The van der Waals surface area contributed by atoms with Crippen LogP contribution in [0.5, 0.6) is 0 Å². The van der Waals surface area contributed by atoms with E-state index in [2.05, 4.69) is 10.4 Å². The number of nitrogens with one attached hydrogen (secondary N) is 1. The second kappa shape index (κ2) is 7.37. The highest BCUT2D eigenvalue weighted by atomic mass is 19.1. The van der Waals surface area contributed by atoms with Gasteiger partial charge in [-0.05, 0) is 45.2 Å². The monoisotopic (exact) mass is 318 g/mol. The summed E-state index contributed by atoms with van der Waals surface area (Å²) >= 11 is 0. The fourth-order valence-electron chi connectivity index (χ4n) is 2.45. The minimum absolute atomic E-state index is 0.0603. The number of benzene rings is 1. The number of nitrogens with zero attached hydrogens (tertiary/aromatic N) is 3. The predicted octanol–water partition coefficient (Wildman–Crippen LogP) is 1.85. The molecule has 0 spiro atoms. The molecule has 0 unspecified atom stereocenters. The number of hydrogen-bond donors (Lipinski definition) is 1. The molecule has 2 rings (SSSR count). The van der Waals surface area contributed by atoms with Crippen molar-refractivity contribution in [3.05, 3.63) is 47.0 Å². The summed E-state index contributed by atoms with van der Waals surface area (Å²) < 4.78 is 14.8. The Morgan fingerprint density at radius 2 is 1.96 bits per heavy atom. The number of aryl methyl sites for hydroxylation is 1. The van der Waals surface area contributed by atoms with Gasteiger partial charge in [-0.25, -0.2) is 9.07 Å². The zero-order valence-electron chi connectivity index (χ0n) is 14.1. The van der Waals surface area contributed by atoms with Crippen molar-refractivity contribution in [3.8, 4) is 5.69 Å². The van der Waals surface area contributed by atoms with Crippen LogP contribution in [0.2, 0.25) is 0 Å². The highest BCUT2D eigenvalue weighted by molar-refractivity contribution is 5.79. The van der Waals surface area contributed by atoms with Gasteiger partial charge in [-0.15, -0.1) is 0 Å². The van der Waals surface area contributed by atoms with Crippen LogP contribution >= 0.6 is 0 Å². The molecule has 0 aliphatic carbocycles. The van der Waals surface area contributed by atoms with E-state index in [0.29, 0.717) is 13.0 Å². The predicted molar refractivity (Wildman–Crippen MR) is 88.3 cm³/mol. The summed E-state index contributed by atoms with van der Waals surface area (Å²) in [6.45, 7) is 5.25. The van der Waals surface area contributed by atoms with Crippen molar-refractivity contribution in [1.29, 1.82) is 0 Å². The van der Waals surface area contributed by atoms with Crippen molar-refractivity contribution in [2.24, 2.45) is 0 Å². The van der Waals surface area contributed by atoms with Gasteiger partial charge in [0.1, 0.15) is 5.82 Å². The van der Waals surface area contributed by atoms with Gasteiger partial charge in [-0.3, -0.25) is 4.79 Å². The maximum atomic E-state index is 13.1. The Kier molecular flexibility index (Phi) is 5.50. The van der Waals surface area contributed by atoms with Crippen LogP contribution in [0.1, 0.15) is 17.0 Å². The molecule has 0 saturated heterocycles. The first-order valence-electron chi connectivity index (χ1n) is 7.63. The molecule has 0 bridgehead atoms. The normalized spacial score (nSPS) is 10.8. The quantitative estimate of drug-likeness (QED) is 0.884. The van der Waals surface area contributed by atoms with Gasteiger partial charge in [-0.2, -0.15) is 5.10 Å². The van der Waals surface area contributed by atoms with Crippen LogP contribution in [0.4, 0.5) is 4.39 Å². The molecule has 23 heavy (non-hydrogen) atoms. The average molecular weight is 318 g/mol. The summed E-state index contributed by atoms with van der Waals surface area (Å²) in [5, 5.41) is 7.53. The lowest BCUT2D eigenvalue weighted by Gasteiger charge is -2.17. The van der Waals surface area contributed by atoms with Crippen LogP contribution in [-0.2, 0) is 11.2 Å². The maximum Gasteiger partial charge on any atom is 0.226 e. The molecule has 1 aromatic carbocycles. The molecular weight excluding hydrogens is 295 g/mol. The molecule has 1 N–H and O–H groups in total. The lowest BCUT2D eigenvalue weighted by Crippen LogP contribution is -2.34. The van der Waals surface area contributed by atoms with Gasteiger partial charge in [0.05, 0.1) is 17.8 Å². The Bertz CT molecular complexity index is 679. The first-order chi connectivity index (χ1) is 10.9. The number of aromatic nitrogens is 2. The lowest BCUT2D eigenvalue weighted by molar-refractivity contribution is -0.129. The highest BCUT2D eigenvalue weighted by Crippen LogP contribution is 2.19. The van der Waals surface area contributed by atoms with Crippen LogP contribution in [0.15, 0.2) is 24.3 Å². The largest absolute Gasteiger partial charge is 0.344 e. The van der Waals surface area contributed by atoms with E-state index in [1.54, 1.807) is 28.8 Å². The molecule has 1 amide bonds. The Hall–Kier alpha value is -2.21. The summed E-state index contributed by atoms with van der Waals surface area (Å²) in [7, 11) is 3.66. The smallest absolute Gasteiger partial charge is 0.226 e. The van der Waals surface area contributed by atoms with E-state index in [-0.39, 0.29) is 11.7 Å². The van der Waals surface area contributed by atoms with Crippen molar-refractivity contribution in [2.45, 2.75) is 20.3 Å². The van der Waals surface area contributed by atoms with E-state index < -0.39 is 0 Å². The van der Waals surface area contributed by atoms with Gasteiger partial charge in [0.25, 0.3) is 0 Å². The number of carbonyl (C=O) groups excluding carboxylic acids is 1. The highest BCUT2D eigenvalue weighted by Gasteiger charge is 2.18. The Balaban J connectivity index is 2.21. The molecule has 0 radical (unpaired) electrons. The standard InChI is InChI=1S/C17H23FN4O/c1-12-16(11-17(23)21(4)10-9-19-3)13(2)22(20-12)15-7-5-14(18)6-8-15/h5-8,19H,9-11H2,1-4H3. The van der Waals surface area contributed by atoms with E-state index in [0.717, 1.165) is 29.2 Å². The molecule has 2 aromatic rings. The fraction of sp³-hybridized carbons (Fsp3) is 0.412. The van der Waals surface area contributed by atoms with Crippen LogP contribution in [0.25, 0.3) is 5.69 Å².